The standard InChI is InChI=1S/C22H23N3O4/c1-4-16-6-5-7-17(12-16)25-22-18-13-20(28-10-8-26-2)21(29-11-9-27-3)14-19(18)23-15-24-22/h1,5-7,12-15H,8-11H2,2-3H3,(H,23,24,25)/i3D3,9D2,11D2. The van der Waals surface area contributed by atoms with Gasteiger partial charge in [0.15, 0.2) is 11.5 Å². The Balaban J connectivity index is 2.03. The summed E-state index contributed by atoms with van der Waals surface area (Å²) in [5.74, 6) is 2.72. The number of rotatable bonds is 10. The van der Waals surface area contributed by atoms with Crippen LogP contribution in [0.25, 0.3) is 10.9 Å². The van der Waals surface area contributed by atoms with Crippen LogP contribution in [0.15, 0.2) is 42.7 Å². The number of anilines is 2. The van der Waals surface area contributed by atoms with E-state index < -0.39 is 20.2 Å². The van der Waals surface area contributed by atoms with Crippen molar-refractivity contribution >= 4 is 22.4 Å². The maximum Gasteiger partial charge on any atom is 0.163 e. The second-order valence-corrected chi connectivity index (χ2v) is 5.64. The Bertz CT molecular complexity index is 1260. The minimum Gasteiger partial charge on any atom is -0.487 e. The van der Waals surface area contributed by atoms with E-state index in [-0.39, 0.29) is 24.7 Å². The van der Waals surface area contributed by atoms with Crippen molar-refractivity contribution in [2.24, 2.45) is 0 Å². The van der Waals surface area contributed by atoms with Crippen LogP contribution in [0.3, 0.4) is 0 Å². The lowest BCUT2D eigenvalue weighted by molar-refractivity contribution is 0.132. The lowest BCUT2D eigenvalue weighted by Crippen LogP contribution is -2.09. The quantitative estimate of drug-likeness (QED) is 0.413. The Morgan fingerprint density at radius 1 is 1.10 bits per heavy atom. The molecule has 0 unspecified atom stereocenters. The zero-order chi connectivity index (χ0) is 26.6. The van der Waals surface area contributed by atoms with Crippen LogP contribution in [-0.4, -0.2) is 50.4 Å². The van der Waals surface area contributed by atoms with E-state index in [0.29, 0.717) is 28.0 Å². The number of hydrogen-bond acceptors (Lipinski definition) is 7. The van der Waals surface area contributed by atoms with Gasteiger partial charge < -0.3 is 24.3 Å². The Morgan fingerprint density at radius 3 is 2.83 bits per heavy atom. The van der Waals surface area contributed by atoms with Crippen molar-refractivity contribution in [3.8, 4) is 23.8 Å². The number of benzene rings is 2. The van der Waals surface area contributed by atoms with E-state index in [2.05, 4.69) is 25.9 Å². The third-order valence-electron chi connectivity index (χ3n) is 3.79. The van der Waals surface area contributed by atoms with E-state index in [1.165, 1.54) is 25.6 Å². The zero-order valence-corrected chi connectivity index (χ0v) is 15.6. The van der Waals surface area contributed by atoms with Crippen LogP contribution in [0.4, 0.5) is 11.5 Å². The van der Waals surface area contributed by atoms with Crippen LogP contribution >= 0.6 is 0 Å². The van der Waals surface area contributed by atoms with E-state index in [0.717, 1.165) is 0 Å². The third-order valence-corrected chi connectivity index (χ3v) is 3.79. The Morgan fingerprint density at radius 2 is 2.00 bits per heavy atom. The molecule has 0 saturated carbocycles. The largest absolute Gasteiger partial charge is 0.487 e. The molecule has 2 aromatic carbocycles. The molecule has 0 saturated heterocycles. The lowest BCUT2D eigenvalue weighted by Gasteiger charge is -2.15. The van der Waals surface area contributed by atoms with Gasteiger partial charge in [0, 0.05) is 36.9 Å². The first-order chi connectivity index (χ1) is 16.8. The van der Waals surface area contributed by atoms with Gasteiger partial charge in [0.2, 0.25) is 0 Å². The highest BCUT2D eigenvalue weighted by Gasteiger charge is 2.13. The van der Waals surface area contributed by atoms with Crippen molar-refractivity contribution < 1.29 is 28.5 Å². The zero-order valence-electron chi connectivity index (χ0n) is 22.6. The molecule has 1 N–H and O–H groups in total. The van der Waals surface area contributed by atoms with Gasteiger partial charge in [-0.3, -0.25) is 0 Å². The summed E-state index contributed by atoms with van der Waals surface area (Å²) in [6, 6.07) is 9.92. The van der Waals surface area contributed by atoms with Gasteiger partial charge in [-0.15, -0.1) is 6.42 Å². The van der Waals surface area contributed by atoms with Crippen LogP contribution < -0.4 is 14.8 Å². The number of terminal acetylenes is 1. The van der Waals surface area contributed by atoms with Crippen molar-refractivity contribution in [3.05, 3.63) is 48.3 Å². The van der Waals surface area contributed by atoms with E-state index >= 15 is 0 Å². The van der Waals surface area contributed by atoms with E-state index in [9.17, 15) is 0 Å². The van der Waals surface area contributed by atoms with Crippen LogP contribution in [0.2, 0.25) is 0 Å². The molecule has 29 heavy (non-hydrogen) atoms. The molecule has 7 heteroatoms. The molecule has 3 rings (SSSR count). The van der Waals surface area contributed by atoms with Crippen LogP contribution in [-0.2, 0) is 9.47 Å². The Labute approximate surface area is 179 Å². The fourth-order valence-corrected chi connectivity index (χ4v) is 2.51. The Hall–Kier alpha value is -3.34. The summed E-state index contributed by atoms with van der Waals surface area (Å²) in [7, 11) is -1.73. The monoisotopic (exact) mass is 400 g/mol. The normalized spacial score (nSPS) is 15.5. The molecule has 0 radical (unpaired) electrons. The molecule has 3 aromatic rings. The van der Waals surface area contributed by atoms with Crippen molar-refractivity contribution in [2.75, 3.05) is 45.8 Å². The minimum atomic E-state index is -3.34. The van der Waals surface area contributed by atoms with Crippen molar-refractivity contribution in [1.82, 2.24) is 9.97 Å². The molecule has 0 spiro atoms. The summed E-state index contributed by atoms with van der Waals surface area (Å²) >= 11 is 0. The fourth-order valence-electron chi connectivity index (χ4n) is 2.51. The molecule has 7 nitrogen and oxygen atoms in total. The molecule has 0 aliphatic carbocycles. The summed E-state index contributed by atoms with van der Waals surface area (Å²) < 4.78 is 73.4. The molecule has 1 heterocycles. The summed E-state index contributed by atoms with van der Waals surface area (Å²) in [6.07, 6.45) is 6.74. The van der Waals surface area contributed by atoms with Crippen LogP contribution in [0.1, 0.15) is 15.2 Å². The predicted octanol–water partition coefficient (Wildman–Crippen LogP) is 3.41. The van der Waals surface area contributed by atoms with Crippen LogP contribution in [0, 0.1) is 12.3 Å². The van der Waals surface area contributed by atoms with E-state index in [1.807, 2.05) is 0 Å². The van der Waals surface area contributed by atoms with E-state index in [1.54, 1.807) is 24.3 Å². The Kier molecular flexibility index (Phi) is 4.60. The first-order valence-electron chi connectivity index (χ1n) is 12.0. The molecule has 0 atom stereocenters. The second kappa shape index (κ2) is 10.3. The molecule has 1 aromatic heterocycles. The highest BCUT2D eigenvalue weighted by Crippen LogP contribution is 2.35. The van der Waals surface area contributed by atoms with Gasteiger partial charge in [0.05, 0.1) is 28.3 Å². The van der Waals surface area contributed by atoms with E-state index in [4.69, 9.17) is 30.2 Å². The van der Waals surface area contributed by atoms with Gasteiger partial charge in [0.25, 0.3) is 0 Å². The molecule has 0 fully saturated rings. The number of methoxy groups -OCH3 is 2. The highest BCUT2D eigenvalue weighted by molar-refractivity contribution is 5.93. The lowest BCUT2D eigenvalue weighted by atomic mass is 10.2. The number of nitrogens with zero attached hydrogens (tertiary/aromatic N) is 2. The summed E-state index contributed by atoms with van der Waals surface area (Å²) in [6.45, 7) is -6.31. The van der Waals surface area contributed by atoms with Crippen molar-refractivity contribution in [2.45, 2.75) is 0 Å². The first kappa shape index (κ1) is 13.0. The minimum absolute atomic E-state index is 0.0170. The molecule has 0 bridgehead atoms. The molecule has 0 aliphatic rings. The third kappa shape index (κ3) is 5.35. The number of hydrogen-bond donors (Lipinski definition) is 1. The summed E-state index contributed by atoms with van der Waals surface area (Å²) in [5, 5.41) is 3.63. The number of nitrogens with one attached hydrogen (secondary N) is 1. The molecule has 0 aliphatic heterocycles. The van der Waals surface area contributed by atoms with Gasteiger partial charge >= 0.3 is 0 Å². The van der Waals surface area contributed by atoms with Gasteiger partial charge in [-0.2, -0.15) is 0 Å². The molecule has 0 amide bonds. The summed E-state index contributed by atoms with van der Waals surface area (Å²) in [4.78, 5) is 8.45. The average molecular weight is 400 g/mol. The van der Waals surface area contributed by atoms with Gasteiger partial charge in [0.1, 0.15) is 25.3 Å². The first-order valence-corrected chi connectivity index (χ1v) is 8.48. The number of fused-ring (bicyclic) bond motifs is 1. The summed E-state index contributed by atoms with van der Waals surface area (Å²) in [5.41, 5.74) is 1.63. The van der Waals surface area contributed by atoms with Gasteiger partial charge in [-0.05, 0) is 24.3 Å². The van der Waals surface area contributed by atoms with Gasteiger partial charge in [-0.25, -0.2) is 9.97 Å². The topological polar surface area (TPSA) is 74.7 Å². The van der Waals surface area contributed by atoms with Gasteiger partial charge in [-0.1, -0.05) is 12.0 Å². The maximum atomic E-state index is 8.05. The van der Waals surface area contributed by atoms with Crippen molar-refractivity contribution in [3.63, 3.8) is 0 Å². The van der Waals surface area contributed by atoms with Crippen LogP contribution in [0.5, 0.6) is 11.5 Å². The van der Waals surface area contributed by atoms with Crippen molar-refractivity contribution in [1.29, 1.82) is 0 Å². The smallest absolute Gasteiger partial charge is 0.163 e. The molecular weight excluding hydrogens is 370 g/mol. The predicted molar refractivity (Wildman–Crippen MR) is 112 cm³/mol. The highest BCUT2D eigenvalue weighted by atomic mass is 16.5. The SMILES string of the molecule is [2H]C([2H])([2H])OC([2H])([2H])C([2H])([2H])Oc1cc2ncnc(Nc3cccc(C#C)c3)c2cc1OCCOC. The average Bonchev–Trinajstić information content (AvgIpc) is 2.78. The molecule has 150 valence electrons. The number of aromatic nitrogens is 2. The fraction of sp³-hybridized carbons (Fsp3) is 0.273. The number of ether oxygens (including phenoxy) is 4. The second-order valence-electron chi connectivity index (χ2n) is 5.64. The maximum absolute atomic E-state index is 8.05. The molecular formula is C22H23N3O4.